The van der Waals surface area contributed by atoms with Crippen molar-refractivity contribution in [2.75, 3.05) is 5.43 Å². The topological polar surface area (TPSA) is 88.5 Å². The number of halogens is 1. The quantitative estimate of drug-likeness (QED) is 0.315. The van der Waals surface area contributed by atoms with Gasteiger partial charge in [-0.1, -0.05) is 43.0 Å². The molecule has 2 N–H and O–H groups in total. The van der Waals surface area contributed by atoms with E-state index in [2.05, 4.69) is 20.8 Å². The smallest absolute Gasteiger partial charge is 0.223 e. The van der Waals surface area contributed by atoms with Crippen LogP contribution in [-0.2, 0) is 17.9 Å². The molecule has 0 saturated heterocycles. The van der Waals surface area contributed by atoms with Crippen molar-refractivity contribution < 1.29 is 9.53 Å². The fourth-order valence-electron chi connectivity index (χ4n) is 4.35. The van der Waals surface area contributed by atoms with E-state index in [4.69, 9.17) is 21.3 Å². The number of amides is 1. The summed E-state index contributed by atoms with van der Waals surface area (Å²) in [6.07, 6.45) is 10.4. The van der Waals surface area contributed by atoms with Gasteiger partial charge >= 0.3 is 0 Å². The molecular weight excluding hydrogens is 450 g/mol. The molecule has 178 valence electrons. The summed E-state index contributed by atoms with van der Waals surface area (Å²) in [6.45, 7) is 4.40. The Balaban J connectivity index is 1.52. The van der Waals surface area contributed by atoms with Crippen LogP contribution in [0.25, 0.3) is 10.9 Å². The highest BCUT2D eigenvalue weighted by molar-refractivity contribution is 6.31. The van der Waals surface area contributed by atoms with Gasteiger partial charge in [-0.05, 0) is 44.4 Å². The molecule has 1 fully saturated rings. The molecule has 2 heterocycles. The van der Waals surface area contributed by atoms with Crippen LogP contribution in [0.15, 0.2) is 41.8 Å². The van der Waals surface area contributed by atoms with E-state index < -0.39 is 0 Å². The maximum absolute atomic E-state index is 12.6. The molecule has 4 rings (SSSR count). The molecule has 3 aromatic rings. The van der Waals surface area contributed by atoms with Crippen molar-refractivity contribution >= 4 is 40.3 Å². The van der Waals surface area contributed by atoms with Gasteiger partial charge in [0.05, 0.1) is 10.7 Å². The zero-order chi connectivity index (χ0) is 23.9. The number of nitrogens with zero attached hydrogens (tertiary/aromatic N) is 3. The largest absolute Gasteiger partial charge is 0.487 e. The van der Waals surface area contributed by atoms with E-state index in [1.165, 1.54) is 6.42 Å². The highest BCUT2D eigenvalue weighted by atomic mass is 35.5. The Morgan fingerprint density at radius 1 is 1.26 bits per heavy atom. The second kappa shape index (κ2) is 11.3. The number of benzene rings is 1. The van der Waals surface area contributed by atoms with Gasteiger partial charge in [0.25, 0.3) is 0 Å². The van der Waals surface area contributed by atoms with Crippen LogP contribution < -0.4 is 15.5 Å². The van der Waals surface area contributed by atoms with Gasteiger partial charge in [0, 0.05) is 47.7 Å². The molecule has 0 radical (unpaired) electrons. The summed E-state index contributed by atoms with van der Waals surface area (Å²) in [5, 5.41) is 8.64. The molecule has 1 saturated carbocycles. The summed E-state index contributed by atoms with van der Waals surface area (Å²) in [7, 11) is 0. The number of aryl methyl sites for hydroxylation is 1. The molecule has 8 heteroatoms. The zero-order valence-electron chi connectivity index (χ0n) is 19.6. The number of carbonyl (C=O) groups excluding carboxylic acids is 1. The maximum atomic E-state index is 12.6. The van der Waals surface area contributed by atoms with Crippen molar-refractivity contribution in [2.45, 2.75) is 59.1 Å². The Morgan fingerprint density at radius 3 is 2.88 bits per heavy atom. The lowest BCUT2D eigenvalue weighted by atomic mass is 9.88. The summed E-state index contributed by atoms with van der Waals surface area (Å²) in [5.74, 6) is 0.857. The first-order valence-electron chi connectivity index (χ1n) is 11.7. The van der Waals surface area contributed by atoms with Gasteiger partial charge in [-0.25, -0.2) is 4.98 Å². The molecule has 0 spiro atoms. The molecule has 0 atom stereocenters. The molecule has 0 unspecified atom stereocenters. The lowest BCUT2D eigenvalue weighted by Gasteiger charge is -2.21. The van der Waals surface area contributed by atoms with Gasteiger partial charge in [0.2, 0.25) is 5.91 Å². The fourth-order valence-corrected chi connectivity index (χ4v) is 4.58. The molecule has 7 nitrogen and oxygen atoms in total. The van der Waals surface area contributed by atoms with Crippen molar-refractivity contribution in [1.29, 1.82) is 0 Å². The van der Waals surface area contributed by atoms with Gasteiger partial charge < -0.3 is 10.1 Å². The number of aromatic nitrogens is 2. The van der Waals surface area contributed by atoms with Crippen molar-refractivity contribution in [1.82, 2.24) is 15.3 Å². The first kappa shape index (κ1) is 24.0. The summed E-state index contributed by atoms with van der Waals surface area (Å²) in [6, 6.07) is 7.75. The second-order valence-corrected chi connectivity index (χ2v) is 8.97. The van der Waals surface area contributed by atoms with E-state index in [1.807, 2.05) is 38.1 Å². The van der Waals surface area contributed by atoms with E-state index in [0.29, 0.717) is 17.3 Å². The Kier molecular flexibility index (Phi) is 7.95. The Hall–Kier alpha value is -3.19. The molecule has 1 aromatic carbocycles. The number of ether oxygens (including phenoxy) is 1. The third-order valence-corrected chi connectivity index (χ3v) is 6.47. The van der Waals surface area contributed by atoms with E-state index in [1.54, 1.807) is 18.6 Å². The van der Waals surface area contributed by atoms with E-state index >= 15 is 0 Å². The maximum Gasteiger partial charge on any atom is 0.223 e. The van der Waals surface area contributed by atoms with E-state index in [0.717, 1.165) is 59.1 Å². The van der Waals surface area contributed by atoms with Crippen LogP contribution in [0.2, 0.25) is 5.02 Å². The van der Waals surface area contributed by atoms with Crippen molar-refractivity contribution in [3.63, 3.8) is 0 Å². The number of pyridine rings is 2. The minimum atomic E-state index is 0.102. The Labute approximate surface area is 205 Å². The minimum absolute atomic E-state index is 0.102. The minimum Gasteiger partial charge on any atom is -0.487 e. The number of carbonyl (C=O) groups is 1. The monoisotopic (exact) mass is 479 g/mol. The number of anilines is 1. The number of hydrogen-bond donors (Lipinski definition) is 2. The summed E-state index contributed by atoms with van der Waals surface area (Å²) >= 11 is 6.49. The summed E-state index contributed by atoms with van der Waals surface area (Å²) in [5.41, 5.74) is 7.17. The number of nitrogens with one attached hydrogen (secondary N) is 2. The van der Waals surface area contributed by atoms with Crippen LogP contribution >= 0.6 is 11.6 Å². The summed E-state index contributed by atoms with van der Waals surface area (Å²) in [4.78, 5) is 21.5. The average Bonchev–Trinajstić information content (AvgIpc) is 2.85. The Morgan fingerprint density at radius 2 is 2.09 bits per heavy atom. The number of para-hydroxylation sites is 1. The van der Waals surface area contributed by atoms with Crippen molar-refractivity contribution in [2.24, 2.45) is 11.0 Å². The van der Waals surface area contributed by atoms with Gasteiger partial charge in [-0.3, -0.25) is 15.2 Å². The molecular formula is C26H30ClN5O2. The number of rotatable bonds is 8. The first-order chi connectivity index (χ1) is 16.6. The average molecular weight is 480 g/mol. The predicted octanol–water partition coefficient (Wildman–Crippen LogP) is 5.78. The standard InChI is InChI=1S/C26H30ClN5O2/c1-3-30-32-23-12-17(2)31-25-20(23)10-7-11-24(25)34-16-21-19(13-28-15-22(21)27)14-29-26(33)18-8-5-4-6-9-18/h3,7,10-13,15,18H,4-6,8-9,14,16H2,1-2H3,(H,29,33)(H,31,32)/b30-3-. The zero-order valence-corrected chi connectivity index (χ0v) is 20.4. The van der Waals surface area contributed by atoms with Gasteiger partial charge in [-0.15, -0.1) is 0 Å². The van der Waals surface area contributed by atoms with Gasteiger partial charge in [-0.2, -0.15) is 5.10 Å². The summed E-state index contributed by atoms with van der Waals surface area (Å²) < 4.78 is 6.21. The fraction of sp³-hybridized carbons (Fsp3) is 0.385. The molecule has 1 aliphatic rings. The molecule has 34 heavy (non-hydrogen) atoms. The van der Waals surface area contributed by atoms with Gasteiger partial charge in [0.1, 0.15) is 17.9 Å². The number of hydrogen-bond acceptors (Lipinski definition) is 6. The van der Waals surface area contributed by atoms with Crippen LogP contribution in [-0.4, -0.2) is 22.1 Å². The van der Waals surface area contributed by atoms with Gasteiger partial charge in [0.15, 0.2) is 0 Å². The third kappa shape index (κ3) is 5.65. The highest BCUT2D eigenvalue weighted by Gasteiger charge is 2.21. The first-order valence-corrected chi connectivity index (χ1v) is 12.1. The van der Waals surface area contributed by atoms with E-state index in [-0.39, 0.29) is 18.4 Å². The van der Waals surface area contributed by atoms with Crippen LogP contribution in [0.1, 0.15) is 55.8 Å². The lowest BCUT2D eigenvalue weighted by molar-refractivity contribution is -0.126. The predicted molar refractivity (Wildman–Crippen MR) is 136 cm³/mol. The lowest BCUT2D eigenvalue weighted by Crippen LogP contribution is -2.31. The Bertz CT molecular complexity index is 1190. The van der Waals surface area contributed by atoms with Crippen molar-refractivity contribution in [3.05, 3.63) is 58.5 Å². The van der Waals surface area contributed by atoms with Crippen LogP contribution in [0.4, 0.5) is 5.69 Å². The van der Waals surface area contributed by atoms with Crippen LogP contribution in [0.5, 0.6) is 5.75 Å². The molecule has 0 aliphatic heterocycles. The molecule has 1 amide bonds. The van der Waals surface area contributed by atoms with Crippen LogP contribution in [0, 0.1) is 12.8 Å². The number of fused-ring (bicyclic) bond motifs is 1. The molecule has 0 bridgehead atoms. The van der Waals surface area contributed by atoms with E-state index in [9.17, 15) is 4.79 Å². The second-order valence-electron chi connectivity index (χ2n) is 8.56. The normalized spacial score (nSPS) is 14.4. The molecule has 1 aliphatic carbocycles. The molecule has 2 aromatic heterocycles. The highest BCUT2D eigenvalue weighted by Crippen LogP contribution is 2.31. The number of hydrazone groups is 1. The SMILES string of the molecule is C/C=N\Nc1cc(C)nc2c(OCc3c(Cl)cncc3CNC(=O)C3CCCCC3)cccc12. The van der Waals surface area contributed by atoms with Crippen LogP contribution in [0.3, 0.4) is 0 Å². The third-order valence-electron chi connectivity index (χ3n) is 6.14. The van der Waals surface area contributed by atoms with Crippen molar-refractivity contribution in [3.8, 4) is 5.75 Å².